The zero-order valence-electron chi connectivity index (χ0n) is 14.1. The molecule has 6 nitrogen and oxygen atoms in total. The van der Waals surface area contributed by atoms with Crippen molar-refractivity contribution < 1.29 is 19.1 Å². The van der Waals surface area contributed by atoms with Crippen LogP contribution in [0, 0.1) is 0 Å². The van der Waals surface area contributed by atoms with Gasteiger partial charge in [-0.2, -0.15) is 0 Å². The van der Waals surface area contributed by atoms with Crippen molar-refractivity contribution in [1.29, 1.82) is 0 Å². The number of aliphatic hydroxyl groups is 1. The molecule has 0 radical (unpaired) electrons. The minimum absolute atomic E-state index is 0.0288. The molecule has 6 heteroatoms. The quantitative estimate of drug-likeness (QED) is 0.916. The summed E-state index contributed by atoms with van der Waals surface area (Å²) in [4.78, 5) is 16.8. The Morgan fingerprint density at radius 2 is 2.16 bits per heavy atom. The molecule has 0 bridgehead atoms. The molecule has 1 saturated heterocycles. The summed E-state index contributed by atoms with van der Waals surface area (Å²) < 4.78 is 10.6. The van der Waals surface area contributed by atoms with E-state index in [0.717, 1.165) is 29.8 Å². The molecular formula is C19H22N2O4. The zero-order valence-corrected chi connectivity index (χ0v) is 14.1. The van der Waals surface area contributed by atoms with Crippen LogP contribution in [0.4, 0.5) is 0 Å². The minimum Gasteiger partial charge on any atom is -0.493 e. The van der Waals surface area contributed by atoms with E-state index in [9.17, 15) is 9.90 Å². The third kappa shape index (κ3) is 3.55. The largest absolute Gasteiger partial charge is 0.493 e. The van der Waals surface area contributed by atoms with E-state index in [-0.39, 0.29) is 5.91 Å². The summed E-state index contributed by atoms with van der Waals surface area (Å²) in [5.41, 5.74) is 2.83. The van der Waals surface area contributed by atoms with Gasteiger partial charge >= 0.3 is 0 Å². The van der Waals surface area contributed by atoms with Crippen molar-refractivity contribution in [2.24, 2.45) is 0 Å². The monoisotopic (exact) mass is 342 g/mol. The van der Waals surface area contributed by atoms with E-state index in [2.05, 4.69) is 4.90 Å². The van der Waals surface area contributed by atoms with Crippen LogP contribution in [-0.4, -0.2) is 59.7 Å². The number of fused-ring (bicyclic) bond motifs is 1. The Labute approximate surface area is 146 Å². The summed E-state index contributed by atoms with van der Waals surface area (Å²) in [7, 11) is 0. The average Bonchev–Trinajstić information content (AvgIpc) is 3.24. The normalized spacial score (nSPS) is 20.8. The number of hydrogen-bond acceptors (Lipinski definition) is 5. The van der Waals surface area contributed by atoms with Crippen LogP contribution in [-0.2, 0) is 13.0 Å². The lowest BCUT2D eigenvalue weighted by Crippen LogP contribution is -2.37. The van der Waals surface area contributed by atoms with Gasteiger partial charge in [-0.25, -0.2) is 0 Å². The van der Waals surface area contributed by atoms with E-state index in [4.69, 9.17) is 9.15 Å². The topological polar surface area (TPSA) is 66.2 Å². The van der Waals surface area contributed by atoms with E-state index in [1.807, 2.05) is 24.3 Å². The second-order valence-corrected chi connectivity index (χ2v) is 6.69. The Morgan fingerprint density at radius 1 is 1.24 bits per heavy atom. The molecule has 0 saturated carbocycles. The molecule has 2 aromatic rings. The number of nitrogens with zero attached hydrogens (tertiary/aromatic N) is 2. The third-order valence-corrected chi connectivity index (χ3v) is 4.80. The Balaban J connectivity index is 1.44. The molecule has 1 amide bonds. The summed E-state index contributed by atoms with van der Waals surface area (Å²) in [6, 6.07) is 7.53. The highest BCUT2D eigenvalue weighted by atomic mass is 16.5. The van der Waals surface area contributed by atoms with Gasteiger partial charge in [0.05, 0.1) is 25.2 Å². The predicted molar refractivity (Wildman–Crippen MR) is 91.5 cm³/mol. The first kappa shape index (κ1) is 16.2. The van der Waals surface area contributed by atoms with Crippen LogP contribution < -0.4 is 4.74 Å². The van der Waals surface area contributed by atoms with E-state index < -0.39 is 6.10 Å². The maximum absolute atomic E-state index is 12.9. The molecule has 2 aliphatic rings. The molecule has 3 heterocycles. The number of rotatable bonds is 3. The summed E-state index contributed by atoms with van der Waals surface area (Å²) in [5, 5.41) is 10.3. The van der Waals surface area contributed by atoms with Crippen molar-refractivity contribution in [3.05, 3.63) is 53.5 Å². The first-order valence-corrected chi connectivity index (χ1v) is 8.65. The van der Waals surface area contributed by atoms with E-state index in [1.165, 1.54) is 0 Å². The highest BCUT2D eigenvalue weighted by Gasteiger charge is 2.26. The molecule has 4 rings (SSSR count). The first-order valence-electron chi connectivity index (χ1n) is 8.65. The average molecular weight is 342 g/mol. The van der Waals surface area contributed by atoms with Crippen molar-refractivity contribution in [3.8, 4) is 5.75 Å². The molecule has 0 aliphatic carbocycles. The maximum Gasteiger partial charge on any atom is 0.254 e. The van der Waals surface area contributed by atoms with Crippen molar-refractivity contribution in [2.75, 3.05) is 32.8 Å². The van der Waals surface area contributed by atoms with E-state index >= 15 is 0 Å². The molecule has 2 aliphatic heterocycles. The maximum atomic E-state index is 12.9. The van der Waals surface area contributed by atoms with Gasteiger partial charge < -0.3 is 19.2 Å². The van der Waals surface area contributed by atoms with E-state index in [1.54, 1.807) is 17.4 Å². The van der Waals surface area contributed by atoms with Gasteiger partial charge in [-0.1, -0.05) is 0 Å². The lowest BCUT2D eigenvalue weighted by molar-refractivity contribution is 0.0663. The Bertz CT molecular complexity index is 744. The minimum atomic E-state index is -0.559. The number of benzene rings is 1. The number of furan rings is 1. The number of ether oxygens (including phenoxy) is 1. The van der Waals surface area contributed by atoms with Gasteiger partial charge in [0.25, 0.3) is 5.91 Å². The molecule has 132 valence electrons. The van der Waals surface area contributed by atoms with Crippen molar-refractivity contribution in [3.63, 3.8) is 0 Å². The molecule has 1 N–H and O–H groups in total. The van der Waals surface area contributed by atoms with Crippen LogP contribution in [0.5, 0.6) is 5.75 Å². The number of hydrogen-bond donors (Lipinski definition) is 1. The number of carbonyl (C=O) groups is 1. The van der Waals surface area contributed by atoms with Gasteiger partial charge in [0.15, 0.2) is 0 Å². The highest BCUT2D eigenvalue weighted by Crippen LogP contribution is 2.26. The van der Waals surface area contributed by atoms with Gasteiger partial charge in [-0.05, 0) is 29.8 Å². The predicted octanol–water partition coefficient (Wildman–Crippen LogP) is 1.53. The number of aliphatic hydroxyl groups excluding tert-OH is 1. The molecule has 1 aromatic heterocycles. The first-order chi connectivity index (χ1) is 12.2. The SMILES string of the molecule is O=C(c1ccc2c(c1)CCO2)N1CCN(Cc2ccoc2)C[C@@H](O)C1. The Kier molecular flexibility index (Phi) is 4.46. The second-order valence-electron chi connectivity index (χ2n) is 6.69. The molecule has 0 unspecified atom stereocenters. The van der Waals surface area contributed by atoms with Crippen LogP contribution in [0.2, 0.25) is 0 Å². The second kappa shape index (κ2) is 6.90. The third-order valence-electron chi connectivity index (χ3n) is 4.80. The van der Waals surface area contributed by atoms with Gasteiger partial charge in [0, 0.05) is 50.3 Å². The summed E-state index contributed by atoms with van der Waals surface area (Å²) in [6.07, 6.45) is 3.65. The Hall–Kier alpha value is -2.31. The van der Waals surface area contributed by atoms with Crippen molar-refractivity contribution in [1.82, 2.24) is 9.80 Å². The van der Waals surface area contributed by atoms with Gasteiger partial charge in [-0.15, -0.1) is 0 Å². The molecule has 1 fully saturated rings. The zero-order chi connectivity index (χ0) is 17.2. The number of carbonyl (C=O) groups excluding carboxylic acids is 1. The molecule has 1 atom stereocenters. The number of β-amino-alcohol motifs (C(OH)–C–C–N with tert-alkyl or cyclic N) is 1. The van der Waals surface area contributed by atoms with Crippen LogP contribution >= 0.6 is 0 Å². The van der Waals surface area contributed by atoms with Crippen molar-refractivity contribution in [2.45, 2.75) is 19.1 Å². The van der Waals surface area contributed by atoms with Crippen LogP contribution in [0.25, 0.3) is 0 Å². The van der Waals surface area contributed by atoms with Gasteiger partial charge in [0.1, 0.15) is 5.75 Å². The summed E-state index contributed by atoms with van der Waals surface area (Å²) in [5.74, 6) is 0.845. The van der Waals surface area contributed by atoms with E-state index in [0.29, 0.717) is 38.3 Å². The molecule has 1 aromatic carbocycles. The Morgan fingerprint density at radius 3 is 3.00 bits per heavy atom. The standard InChI is InChI=1S/C19H22N2O4/c22-17-11-20(10-14-3-7-24-13-14)5-6-21(12-17)19(23)16-1-2-18-15(9-16)4-8-25-18/h1-3,7,9,13,17,22H,4-6,8,10-12H2/t17-/m1/s1. The fourth-order valence-electron chi connectivity index (χ4n) is 3.53. The summed E-state index contributed by atoms with van der Waals surface area (Å²) in [6.45, 7) is 3.62. The fourth-order valence-corrected chi connectivity index (χ4v) is 3.53. The lowest BCUT2D eigenvalue weighted by atomic mass is 10.1. The van der Waals surface area contributed by atoms with Crippen LogP contribution in [0.1, 0.15) is 21.5 Å². The number of amides is 1. The van der Waals surface area contributed by atoms with Crippen LogP contribution in [0.3, 0.4) is 0 Å². The smallest absolute Gasteiger partial charge is 0.254 e. The van der Waals surface area contributed by atoms with Crippen LogP contribution in [0.15, 0.2) is 41.2 Å². The molecule has 25 heavy (non-hydrogen) atoms. The van der Waals surface area contributed by atoms with Crippen molar-refractivity contribution >= 4 is 5.91 Å². The molecule has 0 spiro atoms. The van der Waals surface area contributed by atoms with Gasteiger partial charge in [-0.3, -0.25) is 9.69 Å². The summed E-state index contributed by atoms with van der Waals surface area (Å²) >= 11 is 0. The van der Waals surface area contributed by atoms with Gasteiger partial charge in [0.2, 0.25) is 0 Å². The lowest BCUT2D eigenvalue weighted by Gasteiger charge is -2.22. The highest BCUT2D eigenvalue weighted by molar-refractivity contribution is 5.94. The fraction of sp³-hybridized carbons (Fsp3) is 0.421. The molecular weight excluding hydrogens is 320 g/mol.